The van der Waals surface area contributed by atoms with Gasteiger partial charge in [-0.05, 0) is 54.3 Å². The Kier molecular flexibility index (Phi) is 4.27. The summed E-state index contributed by atoms with van der Waals surface area (Å²) in [5, 5.41) is 0. The first-order valence-electron chi connectivity index (χ1n) is 7.20. The Labute approximate surface area is 123 Å². The van der Waals surface area contributed by atoms with Crippen molar-refractivity contribution in [3.8, 4) is 0 Å². The van der Waals surface area contributed by atoms with E-state index in [2.05, 4.69) is 25.7 Å². The number of hydrogen-bond donors (Lipinski definition) is 1. The van der Waals surface area contributed by atoms with Crippen LogP contribution in [-0.4, -0.2) is 48.6 Å². The van der Waals surface area contributed by atoms with Crippen LogP contribution in [0.15, 0.2) is 21.2 Å². The molecule has 2 atom stereocenters. The highest BCUT2D eigenvalue weighted by molar-refractivity contribution is 9.10. The summed E-state index contributed by atoms with van der Waals surface area (Å²) in [5.41, 5.74) is 5.98. The van der Waals surface area contributed by atoms with Crippen LogP contribution in [0.5, 0.6) is 0 Å². The minimum Gasteiger partial charge on any atom is -0.466 e. The number of rotatable bonds is 4. The molecule has 2 aliphatic heterocycles. The van der Waals surface area contributed by atoms with Crippen molar-refractivity contribution in [2.24, 2.45) is 5.73 Å². The predicted molar refractivity (Wildman–Crippen MR) is 79.0 cm³/mol. The van der Waals surface area contributed by atoms with Gasteiger partial charge < -0.3 is 10.2 Å². The van der Waals surface area contributed by atoms with Gasteiger partial charge in [0.15, 0.2) is 0 Å². The van der Waals surface area contributed by atoms with Gasteiger partial charge in [-0.3, -0.25) is 9.80 Å². The Hall–Kier alpha value is -0.360. The molecule has 0 saturated carbocycles. The first-order valence-corrected chi connectivity index (χ1v) is 8.00. The summed E-state index contributed by atoms with van der Waals surface area (Å²) >= 11 is 3.55. The van der Waals surface area contributed by atoms with Crippen molar-refractivity contribution < 1.29 is 4.42 Å². The van der Waals surface area contributed by atoms with Crippen LogP contribution in [0, 0.1) is 0 Å². The van der Waals surface area contributed by atoms with E-state index < -0.39 is 0 Å². The Morgan fingerprint density at radius 2 is 2.16 bits per heavy atom. The Balaban J connectivity index is 1.67. The van der Waals surface area contributed by atoms with Crippen LogP contribution in [0.2, 0.25) is 0 Å². The molecule has 2 aliphatic rings. The molecular formula is C14H22BrN3O. The van der Waals surface area contributed by atoms with Gasteiger partial charge in [0.05, 0.1) is 16.8 Å². The molecule has 1 aromatic heterocycles. The summed E-state index contributed by atoms with van der Waals surface area (Å²) < 4.78 is 6.64. The molecule has 19 heavy (non-hydrogen) atoms. The van der Waals surface area contributed by atoms with Crippen LogP contribution in [0.1, 0.15) is 31.1 Å². The lowest BCUT2D eigenvalue weighted by Crippen LogP contribution is -2.38. The number of furan rings is 1. The molecule has 2 unspecified atom stereocenters. The SMILES string of the molecule is NCC(c1occc1Br)N1CCC(N2CCCC2)C1. The van der Waals surface area contributed by atoms with Gasteiger partial charge in [-0.1, -0.05) is 0 Å². The number of nitrogens with zero attached hydrogens (tertiary/aromatic N) is 2. The summed E-state index contributed by atoms with van der Waals surface area (Å²) in [6.45, 7) is 5.40. The number of nitrogens with two attached hydrogens (primary N) is 1. The van der Waals surface area contributed by atoms with E-state index >= 15 is 0 Å². The van der Waals surface area contributed by atoms with Gasteiger partial charge in [0, 0.05) is 25.7 Å². The van der Waals surface area contributed by atoms with Crippen LogP contribution in [0.4, 0.5) is 0 Å². The van der Waals surface area contributed by atoms with Crippen molar-refractivity contribution in [2.75, 3.05) is 32.7 Å². The fourth-order valence-corrected chi connectivity index (χ4v) is 3.89. The summed E-state index contributed by atoms with van der Waals surface area (Å²) in [7, 11) is 0. The first kappa shape index (κ1) is 13.6. The zero-order valence-electron chi connectivity index (χ0n) is 11.2. The highest BCUT2D eigenvalue weighted by atomic mass is 79.9. The molecule has 3 heterocycles. The van der Waals surface area contributed by atoms with Crippen molar-refractivity contribution in [1.82, 2.24) is 9.80 Å². The second kappa shape index (κ2) is 5.95. The lowest BCUT2D eigenvalue weighted by atomic mass is 10.2. The van der Waals surface area contributed by atoms with Gasteiger partial charge >= 0.3 is 0 Å². The zero-order valence-corrected chi connectivity index (χ0v) is 12.8. The topological polar surface area (TPSA) is 45.6 Å². The predicted octanol–water partition coefficient (Wildman–Crippen LogP) is 2.21. The molecule has 0 spiro atoms. The minimum absolute atomic E-state index is 0.206. The molecule has 0 amide bonds. The van der Waals surface area contributed by atoms with Crippen molar-refractivity contribution in [3.63, 3.8) is 0 Å². The second-order valence-electron chi connectivity index (χ2n) is 5.56. The molecule has 3 rings (SSSR count). The van der Waals surface area contributed by atoms with E-state index in [0.717, 1.165) is 23.3 Å². The van der Waals surface area contributed by atoms with Crippen LogP contribution in [0.3, 0.4) is 0 Å². The van der Waals surface area contributed by atoms with Crippen LogP contribution in [0.25, 0.3) is 0 Å². The summed E-state index contributed by atoms with van der Waals surface area (Å²) in [6.07, 6.45) is 5.71. The third-order valence-corrected chi connectivity index (χ3v) is 5.12. The highest BCUT2D eigenvalue weighted by Gasteiger charge is 2.34. The Bertz CT molecular complexity index is 417. The van der Waals surface area contributed by atoms with Gasteiger partial charge in [-0.15, -0.1) is 0 Å². The average molecular weight is 328 g/mol. The normalized spacial score (nSPS) is 27.2. The summed E-state index contributed by atoms with van der Waals surface area (Å²) in [6, 6.07) is 2.87. The summed E-state index contributed by atoms with van der Waals surface area (Å²) in [5.74, 6) is 0.976. The van der Waals surface area contributed by atoms with Crippen LogP contribution >= 0.6 is 15.9 Å². The number of likely N-dealkylation sites (tertiary alicyclic amines) is 2. The molecule has 2 fully saturated rings. The van der Waals surface area contributed by atoms with Crippen molar-refractivity contribution >= 4 is 15.9 Å². The third kappa shape index (κ3) is 2.75. The molecule has 2 N–H and O–H groups in total. The molecule has 106 valence electrons. The van der Waals surface area contributed by atoms with Crippen molar-refractivity contribution in [1.29, 1.82) is 0 Å². The van der Waals surface area contributed by atoms with E-state index in [4.69, 9.17) is 10.2 Å². The molecule has 0 bridgehead atoms. The van der Waals surface area contributed by atoms with E-state index in [1.165, 1.54) is 32.4 Å². The molecule has 0 radical (unpaired) electrons. The Morgan fingerprint density at radius 1 is 1.37 bits per heavy atom. The quantitative estimate of drug-likeness (QED) is 0.921. The van der Waals surface area contributed by atoms with E-state index in [0.29, 0.717) is 12.6 Å². The Morgan fingerprint density at radius 3 is 2.79 bits per heavy atom. The molecule has 1 aromatic rings. The fraction of sp³-hybridized carbons (Fsp3) is 0.714. The highest BCUT2D eigenvalue weighted by Crippen LogP contribution is 2.32. The van der Waals surface area contributed by atoms with Gasteiger partial charge in [-0.2, -0.15) is 0 Å². The lowest BCUT2D eigenvalue weighted by molar-refractivity contribution is 0.187. The first-order chi connectivity index (χ1) is 9.29. The number of halogens is 1. The van der Waals surface area contributed by atoms with Gasteiger partial charge in [0.25, 0.3) is 0 Å². The molecule has 5 heteroatoms. The molecule has 0 aromatic carbocycles. The van der Waals surface area contributed by atoms with E-state index in [-0.39, 0.29) is 6.04 Å². The molecule has 0 aliphatic carbocycles. The van der Waals surface area contributed by atoms with Crippen LogP contribution < -0.4 is 5.73 Å². The zero-order chi connectivity index (χ0) is 13.2. The largest absolute Gasteiger partial charge is 0.466 e. The fourth-order valence-electron chi connectivity index (χ4n) is 3.42. The van der Waals surface area contributed by atoms with E-state index in [1.807, 2.05) is 6.07 Å². The lowest BCUT2D eigenvalue weighted by Gasteiger charge is -2.27. The standard InChI is InChI=1S/C14H22BrN3O/c15-12-4-8-19-14(12)13(9-16)18-7-3-11(10-18)17-5-1-2-6-17/h4,8,11,13H,1-3,5-7,9-10,16H2. The smallest absolute Gasteiger partial charge is 0.136 e. The average Bonchev–Trinajstić information content (AvgIpc) is 3.11. The van der Waals surface area contributed by atoms with E-state index in [9.17, 15) is 0 Å². The van der Waals surface area contributed by atoms with E-state index in [1.54, 1.807) is 6.26 Å². The maximum absolute atomic E-state index is 5.98. The molecular weight excluding hydrogens is 306 g/mol. The molecule has 4 nitrogen and oxygen atoms in total. The van der Waals surface area contributed by atoms with Gasteiger partial charge in [-0.25, -0.2) is 0 Å². The van der Waals surface area contributed by atoms with Gasteiger partial charge in [0.2, 0.25) is 0 Å². The maximum Gasteiger partial charge on any atom is 0.136 e. The third-order valence-electron chi connectivity index (χ3n) is 4.46. The second-order valence-corrected chi connectivity index (χ2v) is 6.42. The number of hydrogen-bond acceptors (Lipinski definition) is 4. The minimum atomic E-state index is 0.206. The van der Waals surface area contributed by atoms with Gasteiger partial charge in [0.1, 0.15) is 5.76 Å². The monoisotopic (exact) mass is 327 g/mol. The maximum atomic E-state index is 5.98. The van der Waals surface area contributed by atoms with Crippen molar-refractivity contribution in [3.05, 3.63) is 22.6 Å². The van der Waals surface area contributed by atoms with Crippen molar-refractivity contribution in [2.45, 2.75) is 31.3 Å². The van der Waals surface area contributed by atoms with Crippen LogP contribution in [-0.2, 0) is 0 Å². The molecule has 2 saturated heterocycles. The summed E-state index contributed by atoms with van der Waals surface area (Å²) in [4.78, 5) is 5.12.